The minimum atomic E-state index is -0.0958. The normalized spacial score (nSPS) is 12.1. The maximum absolute atomic E-state index is 12.3. The molecule has 0 atom stereocenters. The summed E-state index contributed by atoms with van der Waals surface area (Å²) in [5.41, 5.74) is 2.51. The first kappa shape index (κ1) is 18.9. The highest BCUT2D eigenvalue weighted by molar-refractivity contribution is 5.78. The molecule has 0 bridgehead atoms. The second-order valence-electron chi connectivity index (χ2n) is 6.72. The van der Waals surface area contributed by atoms with Crippen molar-refractivity contribution in [3.8, 4) is 28.7 Å². The van der Waals surface area contributed by atoms with Gasteiger partial charge in [-0.25, -0.2) is 4.98 Å². The van der Waals surface area contributed by atoms with Crippen LogP contribution in [-0.4, -0.2) is 31.3 Å². The van der Waals surface area contributed by atoms with Crippen molar-refractivity contribution in [3.63, 3.8) is 0 Å². The van der Waals surface area contributed by atoms with E-state index in [4.69, 9.17) is 18.6 Å². The number of fused-ring (bicyclic) bond motifs is 1. The first-order chi connectivity index (χ1) is 14.1. The number of hydrogen-bond donors (Lipinski definition) is 1. The Bertz CT molecular complexity index is 1030. The Hall–Kier alpha value is -3.48. The Labute approximate surface area is 168 Å². The van der Waals surface area contributed by atoms with Crippen LogP contribution in [0.15, 0.2) is 46.9 Å². The summed E-state index contributed by atoms with van der Waals surface area (Å²) in [7, 11) is 1.64. The van der Waals surface area contributed by atoms with Crippen LogP contribution in [0.4, 0.5) is 0 Å². The van der Waals surface area contributed by atoms with Crippen LogP contribution in [0, 0.1) is 6.92 Å². The summed E-state index contributed by atoms with van der Waals surface area (Å²) in [5.74, 6) is 3.16. The van der Waals surface area contributed by atoms with Crippen LogP contribution in [0.5, 0.6) is 17.2 Å². The maximum atomic E-state index is 12.3. The average Bonchev–Trinajstić information content (AvgIpc) is 3.34. The molecule has 2 aromatic carbocycles. The van der Waals surface area contributed by atoms with Crippen molar-refractivity contribution in [1.29, 1.82) is 0 Å². The van der Waals surface area contributed by atoms with Crippen LogP contribution >= 0.6 is 0 Å². The Morgan fingerprint density at radius 3 is 2.90 bits per heavy atom. The Kier molecular flexibility index (Phi) is 5.37. The molecule has 1 N–H and O–H groups in total. The first-order valence-electron chi connectivity index (χ1n) is 9.38. The van der Waals surface area contributed by atoms with Crippen molar-refractivity contribution in [2.45, 2.75) is 19.8 Å². The minimum absolute atomic E-state index is 0.0958. The molecule has 1 aliphatic heterocycles. The quantitative estimate of drug-likeness (QED) is 0.662. The number of ether oxygens (including phenoxy) is 3. The number of oxazole rings is 1. The zero-order valence-electron chi connectivity index (χ0n) is 16.4. The van der Waals surface area contributed by atoms with E-state index >= 15 is 0 Å². The molecule has 3 aromatic rings. The number of rotatable bonds is 7. The molecule has 0 unspecified atom stereocenters. The summed E-state index contributed by atoms with van der Waals surface area (Å²) < 4.78 is 21.7. The van der Waals surface area contributed by atoms with Crippen molar-refractivity contribution in [1.82, 2.24) is 10.3 Å². The second kappa shape index (κ2) is 8.26. The van der Waals surface area contributed by atoms with Crippen LogP contribution < -0.4 is 19.5 Å². The lowest BCUT2D eigenvalue weighted by Gasteiger charge is -2.06. The van der Waals surface area contributed by atoms with E-state index in [-0.39, 0.29) is 19.1 Å². The minimum Gasteiger partial charge on any atom is -0.497 e. The number of nitrogens with one attached hydrogen (secondary N) is 1. The zero-order chi connectivity index (χ0) is 20.2. The van der Waals surface area contributed by atoms with Crippen molar-refractivity contribution in [3.05, 3.63) is 59.5 Å². The molecule has 1 amide bonds. The molecule has 0 saturated carbocycles. The van der Waals surface area contributed by atoms with Gasteiger partial charge in [-0.15, -0.1) is 0 Å². The predicted molar refractivity (Wildman–Crippen MR) is 106 cm³/mol. The van der Waals surface area contributed by atoms with Gasteiger partial charge in [0.15, 0.2) is 11.5 Å². The van der Waals surface area contributed by atoms with Gasteiger partial charge >= 0.3 is 0 Å². The molecule has 0 radical (unpaired) electrons. The molecule has 2 heterocycles. The summed E-state index contributed by atoms with van der Waals surface area (Å²) in [6.45, 7) is 2.56. The van der Waals surface area contributed by atoms with Gasteiger partial charge in [-0.3, -0.25) is 4.79 Å². The zero-order valence-corrected chi connectivity index (χ0v) is 16.4. The second-order valence-corrected chi connectivity index (χ2v) is 6.72. The molecule has 7 heteroatoms. The van der Waals surface area contributed by atoms with Crippen LogP contribution in [0.25, 0.3) is 11.5 Å². The number of carbonyl (C=O) groups is 1. The van der Waals surface area contributed by atoms with Crippen molar-refractivity contribution in [2.75, 3.05) is 20.4 Å². The summed E-state index contributed by atoms with van der Waals surface area (Å²) >= 11 is 0. The number of carbonyl (C=O) groups excluding carboxylic acids is 1. The number of nitrogens with zero attached hydrogens (tertiary/aromatic N) is 1. The molecule has 7 nitrogen and oxygen atoms in total. The number of methoxy groups -OCH3 is 1. The van der Waals surface area contributed by atoms with Crippen LogP contribution in [-0.2, 0) is 17.6 Å². The van der Waals surface area contributed by atoms with Crippen LogP contribution in [0.1, 0.15) is 17.0 Å². The van der Waals surface area contributed by atoms with Gasteiger partial charge in [-0.05, 0) is 49.2 Å². The lowest BCUT2D eigenvalue weighted by Crippen LogP contribution is -2.27. The lowest BCUT2D eigenvalue weighted by molar-refractivity contribution is -0.120. The summed E-state index contributed by atoms with van der Waals surface area (Å²) in [6.07, 6.45) is 0.890. The SMILES string of the molecule is COc1cccc(CCNC(=O)Cc2nc(-c3ccc4c(c3)OCO4)oc2C)c1. The van der Waals surface area contributed by atoms with Crippen LogP contribution in [0.2, 0.25) is 0 Å². The van der Waals surface area contributed by atoms with Gasteiger partial charge < -0.3 is 23.9 Å². The molecule has 29 heavy (non-hydrogen) atoms. The number of amides is 1. The van der Waals surface area contributed by atoms with Gasteiger partial charge in [-0.2, -0.15) is 0 Å². The number of aromatic nitrogens is 1. The smallest absolute Gasteiger partial charge is 0.231 e. The standard InChI is InChI=1S/C22H22N2O5/c1-14-18(12-21(25)23-9-8-15-4-3-5-17(10-15)26-2)24-22(29-14)16-6-7-19-20(11-16)28-13-27-19/h3-7,10-11H,8-9,12-13H2,1-2H3,(H,23,25). The summed E-state index contributed by atoms with van der Waals surface area (Å²) in [6, 6.07) is 13.3. The molecule has 0 saturated heterocycles. The third kappa shape index (κ3) is 4.34. The van der Waals surface area contributed by atoms with E-state index in [1.807, 2.05) is 49.4 Å². The lowest BCUT2D eigenvalue weighted by atomic mass is 10.1. The molecule has 4 rings (SSSR count). The molecule has 0 aliphatic carbocycles. The van der Waals surface area contributed by atoms with Gasteiger partial charge in [0, 0.05) is 12.1 Å². The van der Waals surface area contributed by atoms with E-state index in [1.165, 1.54) is 0 Å². The number of hydrogen-bond acceptors (Lipinski definition) is 6. The van der Waals surface area contributed by atoms with E-state index in [0.29, 0.717) is 35.4 Å². The number of benzene rings is 2. The molecular formula is C22H22N2O5. The van der Waals surface area contributed by atoms with E-state index in [0.717, 1.165) is 23.3 Å². The van der Waals surface area contributed by atoms with Gasteiger partial charge in [0.2, 0.25) is 18.6 Å². The fourth-order valence-corrected chi connectivity index (χ4v) is 3.13. The van der Waals surface area contributed by atoms with E-state index in [2.05, 4.69) is 10.3 Å². The fraction of sp³-hybridized carbons (Fsp3) is 0.273. The summed E-state index contributed by atoms with van der Waals surface area (Å²) in [4.78, 5) is 16.8. The third-order valence-electron chi connectivity index (χ3n) is 4.71. The molecule has 0 fully saturated rings. The van der Waals surface area contributed by atoms with Crippen molar-refractivity contribution >= 4 is 5.91 Å². The monoisotopic (exact) mass is 394 g/mol. The first-order valence-corrected chi connectivity index (χ1v) is 9.38. The highest BCUT2D eigenvalue weighted by Crippen LogP contribution is 2.36. The largest absolute Gasteiger partial charge is 0.497 e. The highest BCUT2D eigenvalue weighted by Gasteiger charge is 2.18. The van der Waals surface area contributed by atoms with E-state index in [9.17, 15) is 4.79 Å². The Morgan fingerprint density at radius 2 is 2.03 bits per heavy atom. The predicted octanol–water partition coefficient (Wildman–Crippen LogP) is 3.29. The highest BCUT2D eigenvalue weighted by atomic mass is 16.7. The van der Waals surface area contributed by atoms with Gasteiger partial charge in [-0.1, -0.05) is 12.1 Å². The van der Waals surface area contributed by atoms with Gasteiger partial charge in [0.1, 0.15) is 11.5 Å². The van der Waals surface area contributed by atoms with Crippen LogP contribution in [0.3, 0.4) is 0 Å². The van der Waals surface area contributed by atoms with E-state index < -0.39 is 0 Å². The topological polar surface area (TPSA) is 82.8 Å². The fourth-order valence-electron chi connectivity index (χ4n) is 3.13. The number of aryl methyl sites for hydroxylation is 1. The Balaban J connectivity index is 1.35. The maximum Gasteiger partial charge on any atom is 0.231 e. The van der Waals surface area contributed by atoms with Gasteiger partial charge in [0.25, 0.3) is 0 Å². The Morgan fingerprint density at radius 1 is 1.17 bits per heavy atom. The third-order valence-corrected chi connectivity index (χ3v) is 4.71. The molecular weight excluding hydrogens is 372 g/mol. The van der Waals surface area contributed by atoms with Gasteiger partial charge in [0.05, 0.1) is 19.2 Å². The molecule has 0 spiro atoms. The van der Waals surface area contributed by atoms with Crippen molar-refractivity contribution < 1.29 is 23.4 Å². The summed E-state index contributed by atoms with van der Waals surface area (Å²) in [5, 5.41) is 2.93. The molecule has 1 aliphatic rings. The molecule has 150 valence electrons. The molecule has 1 aromatic heterocycles. The van der Waals surface area contributed by atoms with E-state index in [1.54, 1.807) is 7.11 Å². The average molecular weight is 394 g/mol. The van der Waals surface area contributed by atoms with Crippen molar-refractivity contribution in [2.24, 2.45) is 0 Å².